The van der Waals surface area contributed by atoms with Crippen molar-refractivity contribution in [3.63, 3.8) is 0 Å². The smallest absolute Gasteiger partial charge is 0.116 e. The molecule has 0 rings (SSSR count). The Morgan fingerprint density at radius 2 is 1.93 bits per heavy atom. The Morgan fingerprint density at radius 3 is 2.21 bits per heavy atom. The first-order valence-corrected chi connectivity index (χ1v) is 5.16. The Balaban J connectivity index is 4.31. The summed E-state index contributed by atoms with van der Waals surface area (Å²) in [5.74, 6) is 0.611. The van der Waals surface area contributed by atoms with Gasteiger partial charge in [0.2, 0.25) is 0 Å². The maximum absolute atomic E-state index is 9.02. The lowest BCUT2D eigenvalue weighted by atomic mass is 10.00. The molecule has 0 radical (unpaired) electrons. The third-order valence-electron chi connectivity index (χ3n) is 3.02. The lowest BCUT2D eigenvalue weighted by molar-refractivity contribution is 0.176. The summed E-state index contributed by atoms with van der Waals surface area (Å²) in [6.45, 7) is 9.27. The van der Waals surface area contributed by atoms with Gasteiger partial charge in [0.1, 0.15) is 5.54 Å². The van der Waals surface area contributed by atoms with Gasteiger partial charge in [0.05, 0.1) is 6.07 Å². The highest BCUT2D eigenvalue weighted by Gasteiger charge is 2.25. The van der Waals surface area contributed by atoms with E-state index in [0.29, 0.717) is 12.0 Å². The number of hydrogen-bond acceptors (Lipinski definition) is 3. The monoisotopic (exact) mass is 197 g/mol. The van der Waals surface area contributed by atoms with Gasteiger partial charge in [0.25, 0.3) is 0 Å². The van der Waals surface area contributed by atoms with Crippen molar-refractivity contribution in [1.82, 2.24) is 10.2 Å². The highest BCUT2D eigenvalue weighted by Crippen LogP contribution is 2.12. The van der Waals surface area contributed by atoms with E-state index in [2.05, 4.69) is 44.1 Å². The average Bonchev–Trinajstić information content (AvgIpc) is 2.16. The topological polar surface area (TPSA) is 39.1 Å². The van der Waals surface area contributed by atoms with Crippen molar-refractivity contribution in [1.29, 1.82) is 5.26 Å². The molecule has 2 unspecified atom stereocenters. The molecule has 2 atom stereocenters. The van der Waals surface area contributed by atoms with Gasteiger partial charge >= 0.3 is 0 Å². The van der Waals surface area contributed by atoms with Gasteiger partial charge in [0.15, 0.2) is 0 Å². The normalized spacial score (nSPS) is 17.9. The Bertz CT molecular complexity index is 207. The van der Waals surface area contributed by atoms with Crippen LogP contribution in [0.3, 0.4) is 0 Å². The third-order valence-corrected chi connectivity index (χ3v) is 3.02. The van der Waals surface area contributed by atoms with Crippen molar-refractivity contribution < 1.29 is 0 Å². The van der Waals surface area contributed by atoms with Crippen LogP contribution in [-0.4, -0.2) is 37.1 Å². The quantitative estimate of drug-likeness (QED) is 0.725. The van der Waals surface area contributed by atoms with Gasteiger partial charge < -0.3 is 10.2 Å². The van der Waals surface area contributed by atoms with Crippen LogP contribution in [0.15, 0.2) is 0 Å². The molecule has 0 aromatic heterocycles. The van der Waals surface area contributed by atoms with Crippen LogP contribution in [0.4, 0.5) is 0 Å². The first-order valence-electron chi connectivity index (χ1n) is 5.16. The average molecular weight is 197 g/mol. The predicted octanol–water partition coefficient (Wildman–Crippen LogP) is 1.46. The van der Waals surface area contributed by atoms with Crippen LogP contribution >= 0.6 is 0 Å². The Labute approximate surface area is 88.1 Å². The molecule has 3 heteroatoms. The summed E-state index contributed by atoms with van der Waals surface area (Å²) in [6.07, 6.45) is 0. The molecule has 0 aromatic carbocycles. The predicted molar refractivity (Wildman–Crippen MR) is 60.0 cm³/mol. The van der Waals surface area contributed by atoms with Gasteiger partial charge in [-0.1, -0.05) is 13.8 Å². The van der Waals surface area contributed by atoms with E-state index in [1.54, 1.807) is 0 Å². The zero-order valence-electron chi connectivity index (χ0n) is 10.3. The summed E-state index contributed by atoms with van der Waals surface area (Å²) in [4.78, 5) is 2.23. The van der Waals surface area contributed by atoms with Crippen molar-refractivity contribution in [3.8, 4) is 6.07 Å². The number of nitrogens with zero attached hydrogens (tertiary/aromatic N) is 2. The van der Waals surface area contributed by atoms with Crippen molar-refractivity contribution in [2.45, 2.75) is 39.3 Å². The van der Waals surface area contributed by atoms with Gasteiger partial charge in [-0.05, 0) is 33.9 Å². The molecule has 0 spiro atoms. The van der Waals surface area contributed by atoms with E-state index in [0.717, 1.165) is 6.54 Å². The lowest BCUT2D eigenvalue weighted by Crippen LogP contribution is -2.50. The van der Waals surface area contributed by atoms with Gasteiger partial charge in [-0.3, -0.25) is 0 Å². The molecule has 0 aliphatic rings. The minimum Gasteiger partial charge on any atom is -0.302 e. The van der Waals surface area contributed by atoms with Crippen molar-refractivity contribution in [2.24, 2.45) is 5.92 Å². The molecule has 0 aliphatic heterocycles. The van der Waals surface area contributed by atoms with Crippen LogP contribution in [0.5, 0.6) is 0 Å². The van der Waals surface area contributed by atoms with Crippen molar-refractivity contribution >= 4 is 0 Å². The van der Waals surface area contributed by atoms with Crippen LogP contribution in [0.25, 0.3) is 0 Å². The van der Waals surface area contributed by atoms with Gasteiger partial charge in [-0.15, -0.1) is 0 Å². The molecule has 3 nitrogen and oxygen atoms in total. The molecule has 1 N–H and O–H groups in total. The molecular weight excluding hydrogens is 174 g/mol. The summed E-state index contributed by atoms with van der Waals surface area (Å²) in [5.41, 5.74) is -0.447. The van der Waals surface area contributed by atoms with E-state index >= 15 is 0 Å². The summed E-state index contributed by atoms with van der Waals surface area (Å²) in [6, 6.07) is 2.80. The van der Waals surface area contributed by atoms with Crippen molar-refractivity contribution in [2.75, 3.05) is 20.6 Å². The molecular formula is C11H23N3. The number of rotatable bonds is 5. The van der Waals surface area contributed by atoms with Crippen molar-refractivity contribution in [3.05, 3.63) is 0 Å². The van der Waals surface area contributed by atoms with E-state index in [1.807, 2.05) is 14.0 Å². The Morgan fingerprint density at radius 1 is 1.43 bits per heavy atom. The summed E-state index contributed by atoms with van der Waals surface area (Å²) in [5, 5.41) is 12.1. The fraction of sp³-hybridized carbons (Fsp3) is 0.909. The van der Waals surface area contributed by atoms with Crippen LogP contribution in [0.2, 0.25) is 0 Å². The summed E-state index contributed by atoms with van der Waals surface area (Å²) >= 11 is 0. The second kappa shape index (κ2) is 5.33. The zero-order valence-corrected chi connectivity index (χ0v) is 10.3. The minimum atomic E-state index is -0.447. The van der Waals surface area contributed by atoms with E-state index in [9.17, 15) is 0 Å². The highest BCUT2D eigenvalue weighted by atomic mass is 15.2. The maximum atomic E-state index is 9.02. The SMILES string of the molecule is CNC(C)(C#N)CN(C)C(C)C(C)C. The first-order chi connectivity index (χ1) is 6.36. The van der Waals surface area contributed by atoms with Crippen LogP contribution in [-0.2, 0) is 0 Å². The number of hydrogen-bond donors (Lipinski definition) is 1. The molecule has 0 bridgehead atoms. The van der Waals surface area contributed by atoms with Gasteiger partial charge in [-0.2, -0.15) is 5.26 Å². The second-order valence-electron chi connectivity index (χ2n) is 4.59. The van der Waals surface area contributed by atoms with E-state index in [4.69, 9.17) is 5.26 Å². The molecule has 0 heterocycles. The largest absolute Gasteiger partial charge is 0.302 e. The molecule has 0 saturated carbocycles. The molecule has 0 aromatic rings. The number of nitriles is 1. The summed E-state index contributed by atoms with van der Waals surface area (Å²) < 4.78 is 0. The van der Waals surface area contributed by atoms with E-state index in [-0.39, 0.29) is 0 Å². The Kier molecular flexibility index (Phi) is 5.11. The molecule has 0 amide bonds. The standard InChI is InChI=1S/C11H23N3/c1-9(2)10(3)14(6)8-11(4,7-12)13-5/h9-10,13H,8H2,1-6H3. The zero-order chi connectivity index (χ0) is 11.4. The third kappa shape index (κ3) is 3.65. The second-order valence-corrected chi connectivity index (χ2v) is 4.59. The fourth-order valence-corrected chi connectivity index (χ4v) is 1.32. The van der Waals surface area contributed by atoms with E-state index in [1.165, 1.54) is 0 Å². The van der Waals surface area contributed by atoms with Crippen LogP contribution in [0, 0.1) is 17.2 Å². The maximum Gasteiger partial charge on any atom is 0.116 e. The fourth-order valence-electron chi connectivity index (χ4n) is 1.32. The molecule has 82 valence electrons. The first kappa shape index (κ1) is 13.4. The Hall–Kier alpha value is -0.590. The minimum absolute atomic E-state index is 0.447. The number of nitrogens with one attached hydrogen (secondary N) is 1. The van der Waals surface area contributed by atoms with Crippen LogP contribution < -0.4 is 5.32 Å². The lowest BCUT2D eigenvalue weighted by Gasteiger charge is -2.33. The van der Waals surface area contributed by atoms with Crippen LogP contribution in [0.1, 0.15) is 27.7 Å². The van der Waals surface area contributed by atoms with E-state index < -0.39 is 5.54 Å². The van der Waals surface area contributed by atoms with Gasteiger partial charge in [0, 0.05) is 12.6 Å². The highest BCUT2D eigenvalue weighted by molar-refractivity contribution is 5.05. The summed E-state index contributed by atoms with van der Waals surface area (Å²) in [7, 11) is 3.90. The molecule has 0 fully saturated rings. The molecule has 14 heavy (non-hydrogen) atoms. The molecule has 0 saturated heterocycles. The number of likely N-dealkylation sites (N-methyl/N-ethyl adjacent to an activating group) is 2. The van der Waals surface area contributed by atoms with Gasteiger partial charge in [-0.25, -0.2) is 0 Å². The molecule has 0 aliphatic carbocycles.